The Morgan fingerprint density at radius 2 is 2.12 bits per heavy atom. The highest BCUT2D eigenvalue weighted by atomic mass is 16.2. The molecule has 4 nitrogen and oxygen atoms in total. The average molecular weight is 219 g/mol. The van der Waals surface area contributed by atoms with Crippen molar-refractivity contribution in [1.29, 1.82) is 0 Å². The molecule has 1 atom stereocenters. The maximum atomic E-state index is 11.7. The van der Waals surface area contributed by atoms with Gasteiger partial charge in [-0.3, -0.25) is 4.79 Å². The molecule has 1 aliphatic heterocycles. The number of nitrogens with one attached hydrogen (secondary N) is 1. The number of hydrogen-bond acceptors (Lipinski definition) is 3. The van der Waals surface area contributed by atoms with E-state index in [1.165, 1.54) is 0 Å². The van der Waals surface area contributed by atoms with Crippen molar-refractivity contribution >= 4 is 17.3 Å². The van der Waals surface area contributed by atoms with Crippen LogP contribution in [0.5, 0.6) is 0 Å². The van der Waals surface area contributed by atoms with E-state index in [0.717, 1.165) is 11.4 Å². The van der Waals surface area contributed by atoms with Gasteiger partial charge in [-0.25, -0.2) is 0 Å². The zero-order chi connectivity index (χ0) is 11.7. The molecule has 1 unspecified atom stereocenters. The van der Waals surface area contributed by atoms with Crippen molar-refractivity contribution in [3.63, 3.8) is 0 Å². The van der Waals surface area contributed by atoms with Gasteiger partial charge in [-0.15, -0.1) is 0 Å². The smallest absolute Gasteiger partial charge is 0.243 e. The zero-order valence-electron chi connectivity index (χ0n) is 9.60. The number of carbonyl (C=O) groups excluding carboxylic acids is 1. The molecule has 4 heteroatoms. The van der Waals surface area contributed by atoms with Crippen LogP contribution in [0.1, 0.15) is 13.8 Å². The van der Waals surface area contributed by atoms with Crippen molar-refractivity contribution in [2.45, 2.75) is 25.9 Å². The maximum Gasteiger partial charge on any atom is 0.243 e. The van der Waals surface area contributed by atoms with Crippen molar-refractivity contribution in [2.24, 2.45) is 5.73 Å². The molecule has 1 aliphatic rings. The summed E-state index contributed by atoms with van der Waals surface area (Å²) in [6.07, 6.45) is 0. The van der Waals surface area contributed by atoms with Crippen LogP contribution in [0.4, 0.5) is 11.4 Å². The predicted octanol–water partition coefficient (Wildman–Crippen LogP) is 1.18. The largest absolute Gasteiger partial charge is 0.365 e. The number of nitrogens with zero attached hydrogens (tertiary/aromatic N) is 1. The Kier molecular flexibility index (Phi) is 2.83. The number of nitrogens with two attached hydrogens (primary N) is 1. The summed E-state index contributed by atoms with van der Waals surface area (Å²) in [4.78, 5) is 13.8. The highest BCUT2D eigenvalue weighted by molar-refractivity contribution is 5.99. The van der Waals surface area contributed by atoms with E-state index in [2.05, 4.69) is 24.1 Å². The predicted molar refractivity (Wildman–Crippen MR) is 65.5 cm³/mol. The summed E-state index contributed by atoms with van der Waals surface area (Å²) in [6.45, 7) is 4.75. The fourth-order valence-electron chi connectivity index (χ4n) is 1.94. The summed E-state index contributed by atoms with van der Waals surface area (Å²) in [6, 6.07) is 7.63. The van der Waals surface area contributed by atoms with Gasteiger partial charge in [0.05, 0.1) is 11.4 Å². The molecular weight excluding hydrogens is 202 g/mol. The second kappa shape index (κ2) is 4.14. The Morgan fingerprint density at radius 1 is 1.44 bits per heavy atom. The molecule has 0 saturated carbocycles. The van der Waals surface area contributed by atoms with E-state index in [1.54, 1.807) is 0 Å². The van der Waals surface area contributed by atoms with Crippen molar-refractivity contribution < 1.29 is 4.79 Å². The topological polar surface area (TPSA) is 58.4 Å². The van der Waals surface area contributed by atoms with E-state index in [0.29, 0.717) is 12.6 Å². The molecule has 86 valence electrons. The first-order valence-corrected chi connectivity index (χ1v) is 5.51. The van der Waals surface area contributed by atoms with E-state index in [1.807, 2.05) is 24.3 Å². The Bertz CT molecular complexity index is 403. The van der Waals surface area contributed by atoms with Crippen LogP contribution >= 0.6 is 0 Å². The molecule has 3 N–H and O–H groups in total. The number of hydrogen-bond donors (Lipinski definition) is 2. The highest BCUT2D eigenvalue weighted by Crippen LogP contribution is 2.29. The van der Waals surface area contributed by atoms with Crippen LogP contribution in [0.3, 0.4) is 0 Å². The lowest BCUT2D eigenvalue weighted by Gasteiger charge is -2.29. The minimum absolute atomic E-state index is 0.115. The normalized spacial score (nSPS) is 20.4. The lowest BCUT2D eigenvalue weighted by molar-refractivity contribution is -0.117. The molecule has 0 fully saturated rings. The SMILES string of the molecule is CC(C)N1CC(N)C(=O)Nc2ccccc21. The number of fused-ring (bicyclic) bond motifs is 1. The number of amides is 1. The molecule has 2 rings (SSSR count). The van der Waals surface area contributed by atoms with Crippen LogP contribution < -0.4 is 16.0 Å². The first-order valence-electron chi connectivity index (χ1n) is 5.51. The molecule has 1 aromatic carbocycles. The maximum absolute atomic E-state index is 11.7. The third-order valence-electron chi connectivity index (χ3n) is 2.82. The molecule has 1 heterocycles. The molecule has 0 bridgehead atoms. The lowest BCUT2D eigenvalue weighted by Crippen LogP contribution is -2.45. The summed E-state index contributed by atoms with van der Waals surface area (Å²) in [7, 11) is 0. The Morgan fingerprint density at radius 3 is 2.81 bits per heavy atom. The van der Waals surface area contributed by atoms with Gasteiger partial charge in [0, 0.05) is 12.6 Å². The van der Waals surface area contributed by atoms with Crippen molar-refractivity contribution in [1.82, 2.24) is 0 Å². The van der Waals surface area contributed by atoms with Gasteiger partial charge in [0.1, 0.15) is 6.04 Å². The van der Waals surface area contributed by atoms with Gasteiger partial charge in [0.15, 0.2) is 0 Å². The Labute approximate surface area is 95.4 Å². The van der Waals surface area contributed by atoms with Gasteiger partial charge in [-0.05, 0) is 26.0 Å². The number of rotatable bonds is 1. The highest BCUT2D eigenvalue weighted by Gasteiger charge is 2.26. The van der Waals surface area contributed by atoms with E-state index in [9.17, 15) is 4.79 Å². The molecule has 0 spiro atoms. The summed E-state index contributed by atoms with van der Waals surface area (Å²) < 4.78 is 0. The van der Waals surface area contributed by atoms with Crippen molar-refractivity contribution in [3.8, 4) is 0 Å². The summed E-state index contributed by atoms with van der Waals surface area (Å²) >= 11 is 0. The quantitative estimate of drug-likeness (QED) is 0.745. The summed E-state index contributed by atoms with van der Waals surface area (Å²) in [5.74, 6) is -0.115. The van der Waals surface area contributed by atoms with Crippen molar-refractivity contribution in [3.05, 3.63) is 24.3 Å². The molecule has 1 amide bonds. The van der Waals surface area contributed by atoms with E-state index in [4.69, 9.17) is 5.73 Å². The first kappa shape index (κ1) is 11.0. The summed E-state index contributed by atoms with van der Waals surface area (Å²) in [5, 5.41) is 2.85. The molecule has 0 aliphatic carbocycles. The average Bonchev–Trinajstić information content (AvgIpc) is 2.37. The van der Waals surface area contributed by atoms with Gasteiger partial charge < -0.3 is 16.0 Å². The van der Waals surface area contributed by atoms with Crippen LogP contribution in [-0.4, -0.2) is 24.5 Å². The first-order chi connectivity index (χ1) is 7.59. The molecule has 1 aromatic rings. The van der Waals surface area contributed by atoms with E-state index >= 15 is 0 Å². The van der Waals surface area contributed by atoms with Crippen LogP contribution in [0, 0.1) is 0 Å². The second-order valence-corrected chi connectivity index (χ2v) is 4.36. The summed E-state index contributed by atoms with van der Waals surface area (Å²) in [5.41, 5.74) is 7.71. The van der Waals surface area contributed by atoms with Crippen LogP contribution in [0.2, 0.25) is 0 Å². The monoisotopic (exact) mass is 219 g/mol. The Balaban J connectivity index is 2.45. The molecule has 0 saturated heterocycles. The standard InChI is InChI=1S/C12H17N3O/c1-8(2)15-7-9(13)12(16)14-10-5-3-4-6-11(10)15/h3-6,8-9H,7,13H2,1-2H3,(H,14,16). The number of anilines is 2. The fraction of sp³-hybridized carbons (Fsp3) is 0.417. The van der Waals surface area contributed by atoms with Crippen LogP contribution in [0.25, 0.3) is 0 Å². The van der Waals surface area contributed by atoms with E-state index in [-0.39, 0.29) is 5.91 Å². The minimum atomic E-state index is -0.477. The van der Waals surface area contributed by atoms with Crippen molar-refractivity contribution in [2.75, 3.05) is 16.8 Å². The second-order valence-electron chi connectivity index (χ2n) is 4.36. The molecular formula is C12H17N3O. The lowest BCUT2D eigenvalue weighted by atomic mass is 10.2. The van der Waals surface area contributed by atoms with Crippen LogP contribution in [-0.2, 0) is 4.79 Å². The molecule has 16 heavy (non-hydrogen) atoms. The van der Waals surface area contributed by atoms with Gasteiger partial charge in [-0.2, -0.15) is 0 Å². The number of carbonyl (C=O) groups is 1. The number of benzene rings is 1. The molecule has 0 radical (unpaired) electrons. The molecule has 0 aromatic heterocycles. The van der Waals surface area contributed by atoms with Gasteiger partial charge >= 0.3 is 0 Å². The third kappa shape index (κ3) is 1.88. The zero-order valence-corrected chi connectivity index (χ0v) is 9.60. The van der Waals surface area contributed by atoms with Gasteiger partial charge in [0.2, 0.25) is 5.91 Å². The van der Waals surface area contributed by atoms with Gasteiger partial charge in [0.25, 0.3) is 0 Å². The van der Waals surface area contributed by atoms with Gasteiger partial charge in [-0.1, -0.05) is 12.1 Å². The minimum Gasteiger partial charge on any atom is -0.365 e. The van der Waals surface area contributed by atoms with Crippen LogP contribution in [0.15, 0.2) is 24.3 Å². The number of para-hydroxylation sites is 2. The fourth-order valence-corrected chi connectivity index (χ4v) is 1.94. The van der Waals surface area contributed by atoms with E-state index < -0.39 is 6.04 Å². The Hall–Kier alpha value is -1.55. The third-order valence-corrected chi connectivity index (χ3v) is 2.82.